The number of ketones is 1. The molecule has 1 fully saturated rings. The molecule has 0 radical (unpaired) electrons. The highest BCUT2D eigenvalue weighted by atomic mass is 16.3. The Labute approximate surface area is 89.9 Å². The molecule has 1 aromatic carbocycles. The monoisotopic (exact) mass is 204 g/mol. The molecule has 1 unspecified atom stereocenters. The summed E-state index contributed by atoms with van der Waals surface area (Å²) in [6.45, 7) is 0. The zero-order valence-electron chi connectivity index (χ0n) is 8.78. The van der Waals surface area contributed by atoms with Gasteiger partial charge in [-0.1, -0.05) is 12.1 Å². The third kappa shape index (κ3) is 2.58. The lowest BCUT2D eigenvalue weighted by Crippen LogP contribution is -1.97. The second kappa shape index (κ2) is 4.47. The van der Waals surface area contributed by atoms with Crippen molar-refractivity contribution in [3.8, 4) is 5.75 Å². The van der Waals surface area contributed by atoms with Gasteiger partial charge in [0.2, 0.25) is 0 Å². The van der Waals surface area contributed by atoms with Gasteiger partial charge in [0.05, 0.1) is 0 Å². The summed E-state index contributed by atoms with van der Waals surface area (Å²) in [6.07, 6.45) is 4.52. The van der Waals surface area contributed by atoms with Crippen LogP contribution in [0.2, 0.25) is 0 Å². The van der Waals surface area contributed by atoms with Crippen molar-refractivity contribution in [2.75, 3.05) is 0 Å². The Bertz CT molecular complexity index is 340. The molecule has 0 aromatic heterocycles. The maximum absolute atomic E-state index is 11.3. The van der Waals surface area contributed by atoms with Crippen molar-refractivity contribution < 1.29 is 9.90 Å². The van der Waals surface area contributed by atoms with Gasteiger partial charge < -0.3 is 5.11 Å². The predicted molar refractivity (Wildman–Crippen MR) is 58.9 cm³/mol. The SMILES string of the molecule is O=C1CCCC(c2ccc(O)cc2)CC1. The number of phenolic OH excluding ortho intramolecular Hbond substituents is 1. The summed E-state index contributed by atoms with van der Waals surface area (Å²) in [4.78, 5) is 11.3. The van der Waals surface area contributed by atoms with Gasteiger partial charge in [-0.3, -0.25) is 4.79 Å². The van der Waals surface area contributed by atoms with Crippen molar-refractivity contribution in [3.63, 3.8) is 0 Å². The number of phenols is 1. The zero-order valence-corrected chi connectivity index (χ0v) is 8.78. The standard InChI is InChI=1S/C13H16O2/c14-12-3-1-2-10(4-7-12)11-5-8-13(15)9-6-11/h5-6,8-10,15H,1-4,7H2. The van der Waals surface area contributed by atoms with Gasteiger partial charge in [0.1, 0.15) is 11.5 Å². The highest BCUT2D eigenvalue weighted by Crippen LogP contribution is 2.31. The van der Waals surface area contributed by atoms with Gasteiger partial charge in [0.25, 0.3) is 0 Å². The number of hydrogen-bond acceptors (Lipinski definition) is 2. The van der Waals surface area contributed by atoms with Gasteiger partial charge in [-0.05, 0) is 42.9 Å². The molecule has 2 rings (SSSR count). The zero-order chi connectivity index (χ0) is 10.7. The lowest BCUT2D eigenvalue weighted by molar-refractivity contribution is -0.118. The van der Waals surface area contributed by atoms with Crippen LogP contribution in [0.25, 0.3) is 0 Å². The third-order valence-electron chi connectivity index (χ3n) is 3.14. The molecule has 1 atom stereocenters. The van der Waals surface area contributed by atoms with Crippen molar-refractivity contribution in [1.29, 1.82) is 0 Å². The van der Waals surface area contributed by atoms with Crippen LogP contribution < -0.4 is 0 Å². The molecule has 2 nitrogen and oxygen atoms in total. The second-order valence-corrected chi connectivity index (χ2v) is 4.26. The van der Waals surface area contributed by atoms with E-state index in [9.17, 15) is 9.90 Å². The number of Topliss-reactive ketones (excluding diaryl/α,β-unsaturated/α-hetero) is 1. The molecule has 0 bridgehead atoms. The molecule has 0 aliphatic heterocycles. The Morgan fingerprint density at radius 1 is 1.07 bits per heavy atom. The van der Waals surface area contributed by atoms with E-state index in [1.165, 1.54) is 5.56 Å². The first-order valence-corrected chi connectivity index (χ1v) is 5.56. The Kier molecular flexibility index (Phi) is 3.05. The molecule has 1 aromatic rings. The van der Waals surface area contributed by atoms with E-state index in [1.54, 1.807) is 12.1 Å². The van der Waals surface area contributed by atoms with Gasteiger partial charge in [-0.25, -0.2) is 0 Å². The summed E-state index contributed by atoms with van der Waals surface area (Å²) in [7, 11) is 0. The van der Waals surface area contributed by atoms with Gasteiger partial charge in [0.15, 0.2) is 0 Å². The highest BCUT2D eigenvalue weighted by molar-refractivity contribution is 5.78. The smallest absolute Gasteiger partial charge is 0.132 e. The van der Waals surface area contributed by atoms with E-state index < -0.39 is 0 Å². The quantitative estimate of drug-likeness (QED) is 0.714. The fourth-order valence-corrected chi connectivity index (χ4v) is 2.23. The van der Waals surface area contributed by atoms with E-state index in [-0.39, 0.29) is 0 Å². The summed E-state index contributed by atoms with van der Waals surface area (Å²) < 4.78 is 0. The first kappa shape index (κ1) is 10.2. The molecule has 0 heterocycles. The number of rotatable bonds is 1. The maximum atomic E-state index is 11.3. The normalized spacial score (nSPS) is 22.4. The van der Waals surface area contributed by atoms with Crippen molar-refractivity contribution >= 4 is 5.78 Å². The van der Waals surface area contributed by atoms with E-state index in [1.807, 2.05) is 12.1 Å². The van der Waals surface area contributed by atoms with E-state index >= 15 is 0 Å². The number of carbonyl (C=O) groups is 1. The predicted octanol–water partition coefficient (Wildman–Crippen LogP) is 3.01. The van der Waals surface area contributed by atoms with E-state index in [0.29, 0.717) is 23.9 Å². The van der Waals surface area contributed by atoms with Gasteiger partial charge >= 0.3 is 0 Å². The molecule has 1 aliphatic rings. The molecule has 0 saturated heterocycles. The number of hydrogen-bond donors (Lipinski definition) is 1. The lowest BCUT2D eigenvalue weighted by atomic mass is 9.92. The largest absolute Gasteiger partial charge is 0.508 e. The molecule has 15 heavy (non-hydrogen) atoms. The Morgan fingerprint density at radius 2 is 1.80 bits per heavy atom. The molecule has 1 aliphatic carbocycles. The minimum atomic E-state index is 0.309. The molecule has 1 saturated carbocycles. The van der Waals surface area contributed by atoms with Crippen molar-refractivity contribution in [2.45, 2.75) is 38.0 Å². The Morgan fingerprint density at radius 3 is 2.53 bits per heavy atom. The van der Waals surface area contributed by atoms with E-state index in [2.05, 4.69) is 0 Å². The number of aromatic hydroxyl groups is 1. The molecular formula is C13H16O2. The molecule has 0 spiro atoms. The summed E-state index contributed by atoms with van der Waals surface area (Å²) >= 11 is 0. The summed E-state index contributed by atoms with van der Waals surface area (Å²) in [5.74, 6) is 1.21. The minimum absolute atomic E-state index is 0.309. The number of benzene rings is 1. The highest BCUT2D eigenvalue weighted by Gasteiger charge is 2.17. The van der Waals surface area contributed by atoms with Crippen LogP contribution in [0.5, 0.6) is 5.75 Å². The second-order valence-electron chi connectivity index (χ2n) is 4.26. The molecule has 80 valence electrons. The minimum Gasteiger partial charge on any atom is -0.508 e. The number of carbonyl (C=O) groups excluding carboxylic acids is 1. The Hall–Kier alpha value is -1.31. The van der Waals surface area contributed by atoms with Gasteiger partial charge in [-0.2, -0.15) is 0 Å². The first-order chi connectivity index (χ1) is 7.25. The topological polar surface area (TPSA) is 37.3 Å². The van der Waals surface area contributed by atoms with Crippen LogP contribution in [0.1, 0.15) is 43.6 Å². The fourth-order valence-electron chi connectivity index (χ4n) is 2.23. The Balaban J connectivity index is 2.09. The van der Waals surface area contributed by atoms with Crippen LogP contribution in [-0.2, 0) is 4.79 Å². The lowest BCUT2D eigenvalue weighted by Gasteiger charge is -2.13. The van der Waals surface area contributed by atoms with Gasteiger partial charge in [0, 0.05) is 12.8 Å². The fraction of sp³-hybridized carbons (Fsp3) is 0.462. The van der Waals surface area contributed by atoms with Crippen LogP contribution in [-0.4, -0.2) is 10.9 Å². The van der Waals surface area contributed by atoms with E-state index in [4.69, 9.17) is 0 Å². The van der Waals surface area contributed by atoms with Crippen LogP contribution in [0, 0.1) is 0 Å². The van der Waals surface area contributed by atoms with Crippen molar-refractivity contribution in [2.24, 2.45) is 0 Å². The van der Waals surface area contributed by atoms with Crippen molar-refractivity contribution in [3.05, 3.63) is 29.8 Å². The average Bonchev–Trinajstić information content (AvgIpc) is 2.44. The summed E-state index contributed by atoms with van der Waals surface area (Å²) in [5, 5.41) is 9.20. The first-order valence-electron chi connectivity index (χ1n) is 5.56. The molecule has 1 N–H and O–H groups in total. The molecule has 2 heteroatoms. The van der Waals surface area contributed by atoms with Crippen molar-refractivity contribution in [1.82, 2.24) is 0 Å². The molecular weight excluding hydrogens is 188 g/mol. The van der Waals surface area contributed by atoms with Gasteiger partial charge in [-0.15, -0.1) is 0 Å². The van der Waals surface area contributed by atoms with Crippen LogP contribution >= 0.6 is 0 Å². The molecule has 0 amide bonds. The van der Waals surface area contributed by atoms with Crippen LogP contribution in [0.4, 0.5) is 0 Å². The maximum Gasteiger partial charge on any atom is 0.132 e. The van der Waals surface area contributed by atoms with Crippen LogP contribution in [0.15, 0.2) is 24.3 Å². The summed E-state index contributed by atoms with van der Waals surface area (Å²) in [6, 6.07) is 7.38. The third-order valence-corrected chi connectivity index (χ3v) is 3.14. The van der Waals surface area contributed by atoms with Crippen LogP contribution in [0.3, 0.4) is 0 Å². The summed E-state index contributed by atoms with van der Waals surface area (Å²) in [5.41, 5.74) is 1.25. The van der Waals surface area contributed by atoms with E-state index in [0.717, 1.165) is 25.7 Å². The average molecular weight is 204 g/mol.